The minimum Gasteiger partial charge on any atom is -0.341 e. The molecule has 3 fully saturated rings. The Labute approximate surface area is 190 Å². The van der Waals surface area contributed by atoms with E-state index in [1.165, 1.54) is 25.9 Å². The topological polar surface area (TPSA) is 55.9 Å². The second-order valence-electron chi connectivity index (χ2n) is 11.1. The lowest BCUT2D eigenvalue weighted by atomic mass is 9.78. The maximum Gasteiger partial charge on any atom is 0.245 e. The summed E-state index contributed by atoms with van der Waals surface area (Å²) in [7, 11) is 2.22. The van der Waals surface area contributed by atoms with E-state index < -0.39 is 0 Å². The van der Waals surface area contributed by atoms with Crippen LogP contribution in [0, 0.1) is 23.7 Å². The minimum absolute atomic E-state index is 0.125. The molecule has 0 aromatic heterocycles. The van der Waals surface area contributed by atoms with Gasteiger partial charge in [-0.15, -0.1) is 0 Å². The van der Waals surface area contributed by atoms with Gasteiger partial charge in [-0.25, -0.2) is 0 Å². The Hall–Kier alpha value is -1.14. The van der Waals surface area contributed by atoms with Crippen LogP contribution in [0.2, 0.25) is 0 Å². The molecular formula is C25H46N4O2. The number of piperazine rings is 1. The molecular weight excluding hydrogens is 388 g/mol. The molecule has 178 valence electrons. The number of amides is 2. The van der Waals surface area contributed by atoms with Crippen LogP contribution in [-0.2, 0) is 9.59 Å². The minimum atomic E-state index is -0.302. The molecule has 3 aliphatic rings. The summed E-state index contributed by atoms with van der Waals surface area (Å²) in [6.45, 7) is 14.2. The van der Waals surface area contributed by atoms with E-state index in [0.717, 1.165) is 57.2 Å². The number of nitrogens with one attached hydrogen (secondary N) is 1. The van der Waals surface area contributed by atoms with Crippen LogP contribution in [0.5, 0.6) is 0 Å². The van der Waals surface area contributed by atoms with E-state index in [9.17, 15) is 9.59 Å². The average Bonchev–Trinajstić information content (AvgIpc) is 2.73. The third kappa shape index (κ3) is 6.44. The Morgan fingerprint density at radius 2 is 1.52 bits per heavy atom. The summed E-state index contributed by atoms with van der Waals surface area (Å²) in [4.78, 5) is 33.3. The van der Waals surface area contributed by atoms with Crippen molar-refractivity contribution in [2.45, 2.75) is 78.3 Å². The van der Waals surface area contributed by atoms with Gasteiger partial charge in [-0.05, 0) is 82.3 Å². The fraction of sp³-hybridized carbons (Fsp3) is 0.920. The van der Waals surface area contributed by atoms with Crippen LogP contribution in [0.3, 0.4) is 0 Å². The van der Waals surface area contributed by atoms with Crippen molar-refractivity contribution in [3.05, 3.63) is 0 Å². The number of likely N-dealkylation sites (tertiary alicyclic amines) is 2. The maximum atomic E-state index is 13.6. The number of hydrogen-bond donors (Lipinski definition) is 1. The van der Waals surface area contributed by atoms with E-state index >= 15 is 0 Å². The van der Waals surface area contributed by atoms with Gasteiger partial charge in [0.25, 0.3) is 0 Å². The molecule has 6 heteroatoms. The Kier molecular flexibility index (Phi) is 8.80. The smallest absolute Gasteiger partial charge is 0.245 e. The zero-order chi connectivity index (χ0) is 22.5. The normalized spacial score (nSPS) is 26.2. The Morgan fingerprint density at radius 1 is 0.935 bits per heavy atom. The summed E-state index contributed by atoms with van der Waals surface area (Å²) >= 11 is 0. The molecule has 3 aliphatic heterocycles. The van der Waals surface area contributed by atoms with Crippen molar-refractivity contribution in [2.24, 2.45) is 23.7 Å². The first-order valence-corrected chi connectivity index (χ1v) is 12.8. The highest BCUT2D eigenvalue weighted by atomic mass is 16.2. The molecule has 0 aromatic rings. The fourth-order valence-corrected chi connectivity index (χ4v) is 5.83. The third-order valence-corrected chi connectivity index (χ3v) is 7.67. The lowest BCUT2D eigenvalue weighted by Gasteiger charge is -2.43. The van der Waals surface area contributed by atoms with Crippen molar-refractivity contribution in [2.75, 3.05) is 46.3 Å². The van der Waals surface area contributed by atoms with Gasteiger partial charge in [-0.3, -0.25) is 9.59 Å². The molecule has 3 rings (SSSR count). The molecule has 0 aliphatic carbocycles. The molecule has 2 atom stereocenters. The second-order valence-corrected chi connectivity index (χ2v) is 11.1. The number of rotatable bonds is 7. The molecule has 1 unspecified atom stereocenters. The highest BCUT2D eigenvalue weighted by molar-refractivity contribution is 5.90. The standard InChI is InChI=1S/C25H46N4O2/c1-18(2)16-22-24(30)29(15-10-26-22)23(17-19(3)4)25(31)28-13-8-21(9-14-28)20-6-11-27(5)12-7-20/h18-23,26H,6-17H2,1-5H3/t22-,23?/m0/s1. The van der Waals surface area contributed by atoms with Crippen LogP contribution in [-0.4, -0.2) is 84.9 Å². The highest BCUT2D eigenvalue weighted by Gasteiger charge is 2.39. The predicted octanol–water partition coefficient (Wildman–Crippen LogP) is 2.83. The van der Waals surface area contributed by atoms with Crippen molar-refractivity contribution >= 4 is 11.8 Å². The first-order chi connectivity index (χ1) is 14.8. The van der Waals surface area contributed by atoms with E-state index in [2.05, 4.69) is 49.9 Å². The van der Waals surface area contributed by atoms with Gasteiger partial charge in [-0.2, -0.15) is 0 Å². The average molecular weight is 435 g/mol. The fourth-order valence-electron chi connectivity index (χ4n) is 5.83. The molecule has 1 N–H and O–H groups in total. The lowest BCUT2D eigenvalue weighted by Crippen LogP contribution is -2.62. The van der Waals surface area contributed by atoms with Gasteiger partial charge in [0.05, 0.1) is 6.04 Å². The van der Waals surface area contributed by atoms with Crippen LogP contribution in [0.4, 0.5) is 0 Å². The van der Waals surface area contributed by atoms with Gasteiger partial charge in [0, 0.05) is 26.2 Å². The van der Waals surface area contributed by atoms with Gasteiger partial charge in [0.2, 0.25) is 11.8 Å². The predicted molar refractivity (Wildman–Crippen MR) is 126 cm³/mol. The van der Waals surface area contributed by atoms with Gasteiger partial charge in [-0.1, -0.05) is 27.7 Å². The van der Waals surface area contributed by atoms with Crippen LogP contribution in [0.15, 0.2) is 0 Å². The molecule has 0 spiro atoms. The van der Waals surface area contributed by atoms with E-state index in [0.29, 0.717) is 18.4 Å². The number of hydrogen-bond acceptors (Lipinski definition) is 4. The third-order valence-electron chi connectivity index (χ3n) is 7.67. The van der Waals surface area contributed by atoms with Crippen molar-refractivity contribution in [3.63, 3.8) is 0 Å². The first kappa shape index (κ1) is 24.5. The van der Waals surface area contributed by atoms with Crippen molar-refractivity contribution in [1.82, 2.24) is 20.0 Å². The number of nitrogens with zero attached hydrogens (tertiary/aromatic N) is 3. The maximum absolute atomic E-state index is 13.6. The zero-order valence-corrected chi connectivity index (χ0v) is 20.6. The summed E-state index contributed by atoms with van der Waals surface area (Å²) < 4.78 is 0. The second kappa shape index (κ2) is 11.1. The summed E-state index contributed by atoms with van der Waals surface area (Å²) in [5.74, 6) is 2.74. The molecule has 0 radical (unpaired) electrons. The molecule has 0 aromatic carbocycles. The molecule has 0 bridgehead atoms. The van der Waals surface area contributed by atoms with E-state index in [1.54, 1.807) is 0 Å². The first-order valence-electron chi connectivity index (χ1n) is 12.8. The summed E-state index contributed by atoms with van der Waals surface area (Å²) in [6.07, 6.45) is 6.45. The van der Waals surface area contributed by atoms with Crippen LogP contribution in [0.1, 0.15) is 66.2 Å². The Morgan fingerprint density at radius 3 is 2.06 bits per heavy atom. The van der Waals surface area contributed by atoms with Crippen molar-refractivity contribution < 1.29 is 9.59 Å². The van der Waals surface area contributed by atoms with E-state index in [1.807, 2.05) is 4.90 Å². The van der Waals surface area contributed by atoms with Gasteiger partial charge >= 0.3 is 0 Å². The van der Waals surface area contributed by atoms with Gasteiger partial charge < -0.3 is 20.0 Å². The van der Waals surface area contributed by atoms with Gasteiger partial charge in [0.15, 0.2) is 0 Å². The van der Waals surface area contributed by atoms with Crippen molar-refractivity contribution in [1.29, 1.82) is 0 Å². The van der Waals surface area contributed by atoms with Crippen molar-refractivity contribution in [3.8, 4) is 0 Å². The molecule has 2 amide bonds. The number of piperidine rings is 2. The highest BCUT2D eigenvalue weighted by Crippen LogP contribution is 2.33. The monoisotopic (exact) mass is 434 g/mol. The quantitative estimate of drug-likeness (QED) is 0.669. The zero-order valence-electron chi connectivity index (χ0n) is 20.6. The molecule has 31 heavy (non-hydrogen) atoms. The van der Waals surface area contributed by atoms with Gasteiger partial charge in [0.1, 0.15) is 6.04 Å². The Bertz CT molecular complexity index is 592. The number of carbonyl (C=O) groups excluding carboxylic acids is 2. The van der Waals surface area contributed by atoms with E-state index in [-0.39, 0.29) is 23.9 Å². The van der Waals surface area contributed by atoms with E-state index in [4.69, 9.17) is 0 Å². The molecule has 3 saturated heterocycles. The molecule has 0 saturated carbocycles. The summed E-state index contributed by atoms with van der Waals surface area (Å²) in [5.41, 5.74) is 0. The van der Waals surface area contributed by atoms with Crippen LogP contribution >= 0.6 is 0 Å². The molecule has 3 heterocycles. The van der Waals surface area contributed by atoms with Crippen LogP contribution < -0.4 is 5.32 Å². The summed E-state index contributed by atoms with van der Waals surface area (Å²) in [6, 6.07) is -0.449. The summed E-state index contributed by atoms with van der Waals surface area (Å²) in [5, 5.41) is 3.38. The lowest BCUT2D eigenvalue weighted by molar-refractivity contribution is -0.150. The SMILES string of the molecule is CC(C)CC(C(=O)N1CCC(C2CCN(C)CC2)CC1)N1CCN[C@@H](CC(C)C)C1=O. The largest absolute Gasteiger partial charge is 0.341 e. The number of carbonyl (C=O) groups is 2. The Balaban J connectivity index is 1.61. The molecule has 6 nitrogen and oxygen atoms in total. The van der Waals surface area contributed by atoms with Crippen LogP contribution in [0.25, 0.3) is 0 Å².